The maximum atomic E-state index is 2.26. The zero-order chi connectivity index (χ0) is 6.24. The van der Waals surface area contributed by atoms with E-state index in [0.29, 0.717) is 0 Å². The van der Waals surface area contributed by atoms with Gasteiger partial charge in [-0.1, -0.05) is 52.4 Å². The van der Waals surface area contributed by atoms with Gasteiger partial charge in [0.1, 0.15) is 0 Å². The molecule has 0 atom stereocenters. The topological polar surface area (TPSA) is 0 Å². The Balaban J connectivity index is 0. The number of rotatable bonds is 5. The fourth-order valence-corrected chi connectivity index (χ4v) is 0.854. The SMILES string of the molecule is CCCCCCCC.[U]. The van der Waals surface area contributed by atoms with E-state index in [1.54, 1.807) is 0 Å². The van der Waals surface area contributed by atoms with Gasteiger partial charge in [0.2, 0.25) is 0 Å². The first-order chi connectivity index (χ1) is 3.91. The molecule has 0 saturated heterocycles. The maximum Gasteiger partial charge on any atom is 0 e. The third kappa shape index (κ3) is 12.3. The summed E-state index contributed by atoms with van der Waals surface area (Å²) in [5.41, 5.74) is 0. The summed E-state index contributed by atoms with van der Waals surface area (Å²) in [7, 11) is 0. The van der Waals surface area contributed by atoms with Crippen molar-refractivity contribution < 1.29 is 31.1 Å². The molecule has 0 fully saturated rings. The molecule has 0 aliphatic heterocycles. The van der Waals surface area contributed by atoms with Crippen molar-refractivity contribution in [2.24, 2.45) is 0 Å². The van der Waals surface area contributed by atoms with Crippen LogP contribution in [0.3, 0.4) is 0 Å². The van der Waals surface area contributed by atoms with Crippen LogP contribution in [0.15, 0.2) is 0 Å². The molecule has 0 aromatic carbocycles. The summed E-state index contributed by atoms with van der Waals surface area (Å²) in [6, 6.07) is 0. The van der Waals surface area contributed by atoms with Crippen LogP contribution in [0.25, 0.3) is 0 Å². The van der Waals surface area contributed by atoms with E-state index in [2.05, 4.69) is 13.8 Å². The molecular weight excluding hydrogens is 334 g/mol. The van der Waals surface area contributed by atoms with Crippen LogP contribution in [0.2, 0.25) is 0 Å². The van der Waals surface area contributed by atoms with Crippen LogP contribution in [-0.4, -0.2) is 0 Å². The first kappa shape index (κ1) is 12.7. The molecule has 54 valence electrons. The molecule has 0 bridgehead atoms. The molecule has 0 spiro atoms. The van der Waals surface area contributed by atoms with Gasteiger partial charge in [-0.05, 0) is 0 Å². The average molecular weight is 352 g/mol. The Hall–Kier alpha value is 1.05. The molecule has 0 N–H and O–H groups in total. The van der Waals surface area contributed by atoms with Crippen molar-refractivity contribution in [1.29, 1.82) is 0 Å². The third-order valence-electron chi connectivity index (χ3n) is 1.46. The molecule has 0 aromatic heterocycles. The predicted molar refractivity (Wildman–Crippen MR) is 39.0 cm³/mol. The molecule has 0 heterocycles. The zero-order valence-electron chi connectivity index (χ0n) is 6.74. The Morgan fingerprint density at radius 1 is 0.667 bits per heavy atom. The van der Waals surface area contributed by atoms with Gasteiger partial charge in [0.05, 0.1) is 0 Å². The van der Waals surface area contributed by atoms with Crippen molar-refractivity contribution >= 4 is 0 Å². The van der Waals surface area contributed by atoms with Crippen LogP contribution in [-0.2, 0) is 0 Å². The van der Waals surface area contributed by atoms with E-state index in [4.69, 9.17) is 0 Å². The molecule has 0 radical (unpaired) electrons. The fourth-order valence-electron chi connectivity index (χ4n) is 0.854. The van der Waals surface area contributed by atoms with E-state index in [0.717, 1.165) is 0 Å². The largest absolute Gasteiger partial charge is 0.0654 e. The average Bonchev–Trinajstić information content (AvgIpc) is 1.81. The van der Waals surface area contributed by atoms with E-state index < -0.39 is 0 Å². The van der Waals surface area contributed by atoms with Gasteiger partial charge >= 0.3 is 0 Å². The van der Waals surface area contributed by atoms with Gasteiger partial charge < -0.3 is 0 Å². The third-order valence-corrected chi connectivity index (χ3v) is 1.46. The molecule has 0 rings (SSSR count). The van der Waals surface area contributed by atoms with Crippen LogP contribution in [0.1, 0.15) is 52.4 Å². The second-order valence-electron chi connectivity index (χ2n) is 2.41. The minimum absolute atomic E-state index is 0. The molecule has 0 aromatic rings. The van der Waals surface area contributed by atoms with Gasteiger partial charge in [-0.3, -0.25) is 0 Å². The fraction of sp³-hybridized carbons (Fsp3) is 1.00. The Morgan fingerprint density at radius 3 is 1.22 bits per heavy atom. The van der Waals surface area contributed by atoms with Gasteiger partial charge in [0.15, 0.2) is 0 Å². The first-order valence-electron chi connectivity index (χ1n) is 3.91. The van der Waals surface area contributed by atoms with Crippen LogP contribution in [0.4, 0.5) is 0 Å². The monoisotopic (exact) mass is 352 g/mol. The van der Waals surface area contributed by atoms with Crippen molar-refractivity contribution in [2.75, 3.05) is 0 Å². The molecular formula is C8H18U. The standard InChI is InChI=1S/C8H18.U/c1-3-5-7-8-6-4-2;/h3-8H2,1-2H3;. The molecule has 0 aliphatic rings. The smallest absolute Gasteiger partial charge is 0 e. The summed E-state index contributed by atoms with van der Waals surface area (Å²) in [5.74, 6) is 0. The van der Waals surface area contributed by atoms with Gasteiger partial charge in [-0.25, -0.2) is 0 Å². The summed E-state index contributed by atoms with van der Waals surface area (Å²) in [4.78, 5) is 0. The van der Waals surface area contributed by atoms with Gasteiger partial charge in [-0.2, -0.15) is 0 Å². The molecule has 0 unspecified atom stereocenters. The second-order valence-corrected chi connectivity index (χ2v) is 2.41. The second kappa shape index (κ2) is 11.8. The van der Waals surface area contributed by atoms with Crippen molar-refractivity contribution in [3.63, 3.8) is 0 Å². The van der Waals surface area contributed by atoms with Gasteiger partial charge in [0.25, 0.3) is 0 Å². The normalized spacial score (nSPS) is 8.67. The van der Waals surface area contributed by atoms with E-state index in [-0.39, 0.29) is 31.1 Å². The van der Waals surface area contributed by atoms with Gasteiger partial charge in [-0.15, -0.1) is 0 Å². The molecule has 0 nitrogen and oxygen atoms in total. The summed E-state index contributed by atoms with van der Waals surface area (Å²) in [6.45, 7) is 4.51. The summed E-state index contributed by atoms with van der Waals surface area (Å²) >= 11 is 0. The summed E-state index contributed by atoms with van der Waals surface area (Å²) in [6.07, 6.45) is 8.49. The zero-order valence-corrected chi connectivity index (χ0v) is 10.9. The van der Waals surface area contributed by atoms with E-state index in [1.165, 1.54) is 38.5 Å². The van der Waals surface area contributed by atoms with Gasteiger partial charge in [0, 0.05) is 31.1 Å². The van der Waals surface area contributed by atoms with Crippen LogP contribution in [0, 0.1) is 31.1 Å². The van der Waals surface area contributed by atoms with Crippen molar-refractivity contribution in [3.8, 4) is 0 Å². The summed E-state index contributed by atoms with van der Waals surface area (Å²) in [5, 5.41) is 0. The maximum absolute atomic E-state index is 2.26. The predicted octanol–water partition coefficient (Wildman–Crippen LogP) is 3.37. The molecule has 1 heteroatoms. The molecule has 0 aliphatic carbocycles. The van der Waals surface area contributed by atoms with Crippen LogP contribution >= 0.6 is 0 Å². The van der Waals surface area contributed by atoms with Crippen LogP contribution in [0.5, 0.6) is 0 Å². The molecule has 9 heavy (non-hydrogen) atoms. The van der Waals surface area contributed by atoms with E-state index in [1.807, 2.05) is 0 Å². The van der Waals surface area contributed by atoms with Crippen molar-refractivity contribution in [3.05, 3.63) is 0 Å². The van der Waals surface area contributed by atoms with E-state index >= 15 is 0 Å². The Labute approximate surface area is 83.2 Å². The van der Waals surface area contributed by atoms with Crippen molar-refractivity contribution in [2.45, 2.75) is 52.4 Å². The number of hydrogen-bond donors (Lipinski definition) is 0. The molecule has 0 saturated carbocycles. The summed E-state index contributed by atoms with van der Waals surface area (Å²) < 4.78 is 0. The first-order valence-corrected chi connectivity index (χ1v) is 3.91. The van der Waals surface area contributed by atoms with E-state index in [9.17, 15) is 0 Å². The number of hydrogen-bond acceptors (Lipinski definition) is 0. The van der Waals surface area contributed by atoms with Crippen LogP contribution < -0.4 is 0 Å². The Bertz CT molecular complexity index is 29.5. The quantitative estimate of drug-likeness (QED) is 0.666. The molecule has 0 amide bonds. The number of unbranched alkanes of at least 4 members (excludes halogenated alkanes) is 5. The minimum atomic E-state index is 0. The Morgan fingerprint density at radius 2 is 1.00 bits per heavy atom. The minimum Gasteiger partial charge on any atom is -0.0654 e. The Kier molecular flexibility index (Phi) is 16.7. The van der Waals surface area contributed by atoms with Crippen molar-refractivity contribution in [1.82, 2.24) is 0 Å².